The van der Waals surface area contributed by atoms with E-state index in [0.29, 0.717) is 6.42 Å². The molecule has 172 valence electrons. The van der Waals surface area contributed by atoms with Gasteiger partial charge in [0.25, 0.3) is 0 Å². The van der Waals surface area contributed by atoms with Gasteiger partial charge >= 0.3 is 0 Å². The first-order valence-corrected chi connectivity index (χ1v) is 12.6. The van der Waals surface area contributed by atoms with Crippen molar-refractivity contribution < 1.29 is 17.9 Å². The van der Waals surface area contributed by atoms with Gasteiger partial charge in [0.1, 0.15) is 5.75 Å². The molecular weight excluding hydrogens is 426 g/mol. The van der Waals surface area contributed by atoms with Crippen molar-refractivity contribution in [1.82, 2.24) is 9.62 Å². The first-order valence-electron chi connectivity index (χ1n) is 11.1. The van der Waals surface area contributed by atoms with Crippen LogP contribution in [0.2, 0.25) is 0 Å². The van der Waals surface area contributed by atoms with E-state index in [4.69, 9.17) is 4.74 Å². The molecule has 1 fully saturated rings. The molecule has 0 radical (unpaired) electrons. The summed E-state index contributed by atoms with van der Waals surface area (Å²) >= 11 is 0. The van der Waals surface area contributed by atoms with Crippen LogP contribution in [-0.4, -0.2) is 52.0 Å². The van der Waals surface area contributed by atoms with Crippen LogP contribution in [0, 0.1) is 0 Å². The molecular formula is C24H31N3O4S. The molecule has 7 nitrogen and oxygen atoms in total. The summed E-state index contributed by atoms with van der Waals surface area (Å²) in [5.41, 5.74) is 2.73. The molecule has 2 aliphatic heterocycles. The molecule has 4 rings (SSSR count). The van der Waals surface area contributed by atoms with Gasteiger partial charge < -0.3 is 9.64 Å². The van der Waals surface area contributed by atoms with E-state index in [1.165, 1.54) is 6.92 Å². The number of amides is 1. The van der Waals surface area contributed by atoms with Crippen LogP contribution in [0.25, 0.3) is 0 Å². The highest BCUT2D eigenvalue weighted by Crippen LogP contribution is 2.34. The molecule has 8 heteroatoms. The summed E-state index contributed by atoms with van der Waals surface area (Å²) in [6.07, 6.45) is 2.88. The van der Waals surface area contributed by atoms with Gasteiger partial charge in [-0.3, -0.25) is 9.69 Å². The van der Waals surface area contributed by atoms with Crippen LogP contribution < -0.4 is 14.4 Å². The number of nitrogens with zero attached hydrogens (tertiary/aromatic N) is 2. The van der Waals surface area contributed by atoms with Crippen molar-refractivity contribution >= 4 is 21.6 Å². The van der Waals surface area contributed by atoms with Gasteiger partial charge in [0.15, 0.2) is 0 Å². The number of hydrogen-bond acceptors (Lipinski definition) is 5. The van der Waals surface area contributed by atoms with Gasteiger partial charge in [-0.2, -0.15) is 0 Å². The summed E-state index contributed by atoms with van der Waals surface area (Å²) in [4.78, 5) is 16.3. The first-order chi connectivity index (χ1) is 15.3. The van der Waals surface area contributed by atoms with E-state index in [1.807, 2.05) is 31.2 Å². The van der Waals surface area contributed by atoms with Gasteiger partial charge in [-0.15, -0.1) is 0 Å². The number of carbonyl (C=O) groups is 1. The minimum atomic E-state index is -3.70. The highest BCUT2D eigenvalue weighted by Gasteiger charge is 2.31. The van der Waals surface area contributed by atoms with E-state index in [1.54, 1.807) is 30.2 Å². The number of carbonyl (C=O) groups excluding carboxylic acids is 1. The number of sulfonamides is 1. The maximum Gasteiger partial charge on any atom is 0.240 e. The highest BCUT2D eigenvalue weighted by atomic mass is 32.2. The lowest BCUT2D eigenvalue weighted by atomic mass is 10.1. The maximum atomic E-state index is 13.2. The summed E-state index contributed by atoms with van der Waals surface area (Å²) in [5.74, 6) is 0.731. The Bertz CT molecular complexity index is 1100. The number of rotatable bonds is 7. The zero-order valence-corrected chi connectivity index (χ0v) is 19.7. The molecule has 2 atom stereocenters. The molecule has 0 aliphatic carbocycles. The Morgan fingerprint density at radius 2 is 1.94 bits per heavy atom. The molecule has 32 heavy (non-hydrogen) atoms. The molecule has 2 aliphatic rings. The van der Waals surface area contributed by atoms with E-state index < -0.39 is 10.0 Å². The summed E-state index contributed by atoms with van der Waals surface area (Å²) in [6, 6.07) is 12.8. The fraction of sp³-hybridized carbons (Fsp3) is 0.458. The quantitative estimate of drug-likeness (QED) is 0.691. The number of ether oxygens (including phenoxy) is 1. The zero-order valence-electron chi connectivity index (χ0n) is 18.9. The topological polar surface area (TPSA) is 79.0 Å². The van der Waals surface area contributed by atoms with Gasteiger partial charge in [0.05, 0.1) is 12.0 Å². The average Bonchev–Trinajstić information content (AvgIpc) is 3.40. The van der Waals surface area contributed by atoms with Crippen LogP contribution in [0.1, 0.15) is 43.9 Å². The third kappa shape index (κ3) is 4.53. The third-order valence-electron chi connectivity index (χ3n) is 6.44. The monoisotopic (exact) mass is 457 g/mol. The van der Waals surface area contributed by atoms with Gasteiger partial charge in [-0.05, 0) is 80.7 Å². The van der Waals surface area contributed by atoms with Crippen molar-refractivity contribution in [3.05, 3.63) is 53.6 Å². The van der Waals surface area contributed by atoms with Crippen molar-refractivity contribution in [2.75, 3.05) is 31.6 Å². The Kier molecular flexibility index (Phi) is 6.55. The molecule has 1 saturated heterocycles. The van der Waals surface area contributed by atoms with Crippen LogP contribution in [0.5, 0.6) is 5.75 Å². The Morgan fingerprint density at radius 1 is 1.19 bits per heavy atom. The molecule has 1 N–H and O–H groups in total. The fourth-order valence-corrected chi connectivity index (χ4v) is 5.97. The molecule has 2 aromatic carbocycles. The van der Waals surface area contributed by atoms with Gasteiger partial charge in [0.2, 0.25) is 15.9 Å². The molecule has 2 unspecified atom stereocenters. The molecule has 0 aromatic heterocycles. The molecule has 1 amide bonds. The van der Waals surface area contributed by atoms with E-state index >= 15 is 0 Å². The smallest absolute Gasteiger partial charge is 0.240 e. The standard InChI is InChI=1S/C24H31N3O4S/c1-17-13-20-15-22(9-10-23(20)27(17)18(2)28)32(29,30)25-16-24(26-11-4-5-12-26)19-7-6-8-21(14-19)31-3/h6-10,14-15,17,24-25H,4-5,11-13,16H2,1-3H3. The van der Waals surface area contributed by atoms with Crippen molar-refractivity contribution in [2.24, 2.45) is 0 Å². The lowest BCUT2D eigenvalue weighted by Gasteiger charge is -2.28. The Balaban J connectivity index is 1.55. The predicted octanol–water partition coefficient (Wildman–Crippen LogP) is 3.11. The highest BCUT2D eigenvalue weighted by molar-refractivity contribution is 7.89. The minimum Gasteiger partial charge on any atom is -0.497 e. The number of fused-ring (bicyclic) bond motifs is 1. The van der Waals surface area contributed by atoms with Crippen molar-refractivity contribution in [1.29, 1.82) is 0 Å². The largest absolute Gasteiger partial charge is 0.497 e. The van der Waals surface area contributed by atoms with Gasteiger partial charge in [-0.25, -0.2) is 13.1 Å². The number of likely N-dealkylation sites (tertiary alicyclic amines) is 1. The second-order valence-corrected chi connectivity index (χ2v) is 10.4. The predicted molar refractivity (Wildman–Crippen MR) is 124 cm³/mol. The number of methoxy groups -OCH3 is 1. The summed E-state index contributed by atoms with van der Waals surface area (Å²) in [5, 5.41) is 0. The van der Waals surface area contributed by atoms with Crippen LogP contribution in [0.15, 0.2) is 47.4 Å². The molecule has 0 bridgehead atoms. The van der Waals surface area contributed by atoms with Gasteiger partial charge in [-0.1, -0.05) is 12.1 Å². The number of anilines is 1. The fourth-order valence-electron chi connectivity index (χ4n) is 4.89. The summed E-state index contributed by atoms with van der Waals surface area (Å²) in [6.45, 7) is 5.68. The van der Waals surface area contributed by atoms with E-state index in [2.05, 4.69) is 9.62 Å². The normalized spacial score (nSPS) is 19.7. The summed E-state index contributed by atoms with van der Waals surface area (Å²) < 4.78 is 34.5. The molecule has 0 spiro atoms. The van der Waals surface area contributed by atoms with Crippen molar-refractivity contribution in [3.8, 4) is 5.75 Å². The van der Waals surface area contributed by atoms with Crippen LogP contribution >= 0.6 is 0 Å². The van der Waals surface area contributed by atoms with E-state index in [9.17, 15) is 13.2 Å². The van der Waals surface area contributed by atoms with Crippen molar-refractivity contribution in [3.63, 3.8) is 0 Å². The third-order valence-corrected chi connectivity index (χ3v) is 7.86. The average molecular weight is 458 g/mol. The van der Waals surface area contributed by atoms with Crippen LogP contribution in [-0.2, 0) is 21.2 Å². The van der Waals surface area contributed by atoms with E-state index in [-0.39, 0.29) is 29.4 Å². The number of nitrogens with one attached hydrogen (secondary N) is 1. The van der Waals surface area contributed by atoms with Crippen LogP contribution in [0.4, 0.5) is 5.69 Å². The molecule has 2 heterocycles. The Labute approximate surface area is 190 Å². The van der Waals surface area contributed by atoms with E-state index in [0.717, 1.165) is 48.5 Å². The first kappa shape index (κ1) is 22.8. The summed E-state index contributed by atoms with van der Waals surface area (Å²) in [7, 11) is -2.06. The van der Waals surface area contributed by atoms with Gasteiger partial charge in [0, 0.05) is 31.2 Å². The Morgan fingerprint density at radius 3 is 2.62 bits per heavy atom. The molecule has 2 aromatic rings. The lowest BCUT2D eigenvalue weighted by molar-refractivity contribution is -0.116. The van der Waals surface area contributed by atoms with Crippen LogP contribution in [0.3, 0.4) is 0 Å². The maximum absolute atomic E-state index is 13.2. The van der Waals surface area contributed by atoms with Crippen molar-refractivity contribution in [2.45, 2.75) is 50.1 Å². The SMILES string of the molecule is COc1cccc(C(CNS(=O)(=O)c2ccc3c(c2)CC(C)N3C(C)=O)N2CCCC2)c1. The molecule has 0 saturated carbocycles. The number of hydrogen-bond donors (Lipinski definition) is 1. The second-order valence-electron chi connectivity index (χ2n) is 8.62. The minimum absolute atomic E-state index is 0.0287. The Hall–Kier alpha value is -2.42. The zero-order chi connectivity index (χ0) is 22.9. The lowest BCUT2D eigenvalue weighted by Crippen LogP contribution is -2.36. The second kappa shape index (κ2) is 9.21. The number of benzene rings is 2.